The minimum Gasteiger partial charge on any atom is -0.398 e. The van der Waals surface area contributed by atoms with Crippen LogP contribution < -0.4 is 5.32 Å². The van der Waals surface area contributed by atoms with Gasteiger partial charge in [0.05, 0.1) is 16.3 Å². The van der Waals surface area contributed by atoms with Crippen molar-refractivity contribution in [3.63, 3.8) is 0 Å². The van der Waals surface area contributed by atoms with E-state index in [9.17, 15) is 18.0 Å². The SMILES string of the molecule is CNC(=O)/C(=N/OC)c1ccccc1CO/N=C(\C)c1ccc(Cl)c(C(F)(F)F)c1. The summed E-state index contributed by atoms with van der Waals surface area (Å²) in [7, 11) is 2.78. The average Bonchev–Trinajstić information content (AvgIpc) is 2.71. The molecule has 1 amide bonds. The molecule has 0 radical (unpaired) electrons. The first kappa shape index (κ1) is 23.2. The molecule has 10 heteroatoms. The first-order chi connectivity index (χ1) is 14.2. The predicted octanol–water partition coefficient (Wildman–Crippen LogP) is 4.40. The lowest BCUT2D eigenvalue weighted by Crippen LogP contribution is -2.29. The highest BCUT2D eigenvalue weighted by molar-refractivity contribution is 6.45. The van der Waals surface area contributed by atoms with Crippen LogP contribution >= 0.6 is 11.6 Å². The maximum absolute atomic E-state index is 13.0. The fraction of sp³-hybridized carbons (Fsp3) is 0.250. The van der Waals surface area contributed by atoms with E-state index in [0.29, 0.717) is 11.1 Å². The second-order valence-corrected chi connectivity index (χ2v) is 6.41. The number of nitrogens with one attached hydrogen (secondary N) is 1. The van der Waals surface area contributed by atoms with Gasteiger partial charge < -0.3 is 15.0 Å². The molecule has 0 aliphatic carbocycles. The molecule has 0 heterocycles. The molecule has 0 aliphatic rings. The van der Waals surface area contributed by atoms with Crippen LogP contribution in [-0.4, -0.2) is 31.5 Å². The molecule has 0 bridgehead atoms. The molecule has 2 rings (SSSR count). The van der Waals surface area contributed by atoms with Gasteiger partial charge in [-0.15, -0.1) is 0 Å². The van der Waals surface area contributed by atoms with Gasteiger partial charge in [0.1, 0.15) is 13.7 Å². The summed E-state index contributed by atoms with van der Waals surface area (Å²) >= 11 is 5.63. The molecule has 0 aliphatic heterocycles. The zero-order valence-electron chi connectivity index (χ0n) is 16.4. The van der Waals surface area contributed by atoms with Crippen molar-refractivity contribution in [1.82, 2.24) is 5.32 Å². The van der Waals surface area contributed by atoms with Crippen molar-refractivity contribution < 1.29 is 27.6 Å². The van der Waals surface area contributed by atoms with E-state index in [1.807, 2.05) is 0 Å². The Morgan fingerprint density at radius 1 is 1.17 bits per heavy atom. The van der Waals surface area contributed by atoms with Gasteiger partial charge in [0, 0.05) is 18.2 Å². The van der Waals surface area contributed by atoms with Crippen molar-refractivity contribution in [2.24, 2.45) is 10.3 Å². The molecule has 0 spiro atoms. The summed E-state index contributed by atoms with van der Waals surface area (Å²) in [5.41, 5.74) is 0.594. The third kappa shape index (κ3) is 5.73. The van der Waals surface area contributed by atoms with Gasteiger partial charge in [0.2, 0.25) is 0 Å². The largest absolute Gasteiger partial charge is 0.417 e. The number of likely N-dealkylation sites (N-methyl/N-ethyl adjacent to an activating group) is 1. The number of rotatable bonds is 7. The van der Waals surface area contributed by atoms with Crippen molar-refractivity contribution in [2.75, 3.05) is 14.2 Å². The molecule has 2 aromatic rings. The first-order valence-electron chi connectivity index (χ1n) is 8.64. The van der Waals surface area contributed by atoms with Gasteiger partial charge in [-0.1, -0.05) is 52.2 Å². The summed E-state index contributed by atoms with van der Waals surface area (Å²) in [4.78, 5) is 22.1. The number of nitrogens with zero attached hydrogens (tertiary/aromatic N) is 2. The van der Waals surface area contributed by atoms with Gasteiger partial charge in [0.25, 0.3) is 5.91 Å². The van der Waals surface area contributed by atoms with E-state index < -0.39 is 22.7 Å². The zero-order valence-corrected chi connectivity index (χ0v) is 17.1. The van der Waals surface area contributed by atoms with Crippen LogP contribution in [0.3, 0.4) is 0 Å². The Hall–Kier alpha value is -3.07. The number of oxime groups is 2. The Morgan fingerprint density at radius 3 is 2.50 bits per heavy atom. The number of benzene rings is 2. The van der Waals surface area contributed by atoms with Crippen LogP contribution in [0.15, 0.2) is 52.8 Å². The molecule has 160 valence electrons. The number of carbonyl (C=O) groups excluding carboxylic acids is 1. The van der Waals surface area contributed by atoms with Gasteiger partial charge in [-0.25, -0.2) is 0 Å². The summed E-state index contributed by atoms with van der Waals surface area (Å²) in [5, 5.41) is 9.72. The molecule has 0 aromatic heterocycles. The minimum atomic E-state index is -4.58. The van der Waals surface area contributed by atoms with E-state index in [0.717, 1.165) is 12.1 Å². The van der Waals surface area contributed by atoms with Crippen LogP contribution in [0.1, 0.15) is 29.2 Å². The van der Waals surface area contributed by atoms with E-state index >= 15 is 0 Å². The highest BCUT2D eigenvalue weighted by Gasteiger charge is 2.33. The third-order valence-electron chi connectivity index (χ3n) is 4.01. The Balaban J connectivity index is 2.24. The molecule has 0 saturated carbocycles. The Bertz CT molecular complexity index is 975. The van der Waals surface area contributed by atoms with Crippen LogP contribution in [0.5, 0.6) is 0 Å². The first-order valence-corrected chi connectivity index (χ1v) is 9.02. The van der Waals surface area contributed by atoms with Crippen LogP contribution in [0.2, 0.25) is 5.02 Å². The molecule has 0 fully saturated rings. The van der Waals surface area contributed by atoms with Gasteiger partial charge in [-0.05, 0) is 24.6 Å². The molecule has 0 unspecified atom stereocenters. The summed E-state index contributed by atoms with van der Waals surface area (Å²) < 4.78 is 39.1. The Kier molecular flexibility index (Phi) is 7.82. The fourth-order valence-corrected chi connectivity index (χ4v) is 2.74. The summed E-state index contributed by atoms with van der Waals surface area (Å²) in [5.74, 6) is -0.454. The number of hydrogen-bond acceptors (Lipinski definition) is 5. The summed E-state index contributed by atoms with van der Waals surface area (Å²) in [6.45, 7) is 1.46. The van der Waals surface area contributed by atoms with Gasteiger partial charge in [-0.2, -0.15) is 13.2 Å². The van der Waals surface area contributed by atoms with Gasteiger partial charge >= 0.3 is 6.18 Å². The van der Waals surface area contributed by atoms with E-state index in [1.165, 1.54) is 27.1 Å². The Labute approximate surface area is 176 Å². The quantitative estimate of drug-likeness (QED) is 0.511. The second kappa shape index (κ2) is 10.1. The number of hydrogen-bond donors (Lipinski definition) is 1. The highest BCUT2D eigenvalue weighted by Crippen LogP contribution is 2.35. The van der Waals surface area contributed by atoms with E-state index in [1.54, 1.807) is 24.3 Å². The van der Waals surface area contributed by atoms with Crippen LogP contribution in [-0.2, 0) is 27.3 Å². The van der Waals surface area contributed by atoms with E-state index in [2.05, 4.69) is 15.6 Å². The number of halogens is 4. The molecule has 2 aromatic carbocycles. The number of alkyl halides is 3. The fourth-order valence-electron chi connectivity index (χ4n) is 2.52. The van der Waals surface area contributed by atoms with Crippen LogP contribution in [0.25, 0.3) is 0 Å². The molecular weight excluding hydrogens is 423 g/mol. The predicted molar refractivity (Wildman–Crippen MR) is 108 cm³/mol. The maximum atomic E-state index is 13.0. The zero-order chi connectivity index (χ0) is 22.3. The molecule has 0 saturated heterocycles. The van der Waals surface area contributed by atoms with Crippen molar-refractivity contribution in [3.05, 3.63) is 69.7 Å². The minimum absolute atomic E-state index is 0.0485. The highest BCUT2D eigenvalue weighted by atomic mass is 35.5. The maximum Gasteiger partial charge on any atom is 0.417 e. The molecule has 6 nitrogen and oxygen atoms in total. The molecule has 30 heavy (non-hydrogen) atoms. The number of amides is 1. The lowest BCUT2D eigenvalue weighted by molar-refractivity contribution is -0.137. The third-order valence-corrected chi connectivity index (χ3v) is 4.34. The lowest BCUT2D eigenvalue weighted by Gasteiger charge is -2.11. The van der Waals surface area contributed by atoms with Gasteiger partial charge in [0.15, 0.2) is 5.71 Å². The van der Waals surface area contributed by atoms with Crippen molar-refractivity contribution in [3.8, 4) is 0 Å². The number of carbonyl (C=O) groups is 1. The van der Waals surface area contributed by atoms with Crippen molar-refractivity contribution in [1.29, 1.82) is 0 Å². The molecule has 0 atom stereocenters. The van der Waals surface area contributed by atoms with E-state index in [4.69, 9.17) is 21.3 Å². The van der Waals surface area contributed by atoms with Crippen LogP contribution in [0.4, 0.5) is 13.2 Å². The normalized spacial score (nSPS) is 12.5. The molecule has 1 N–H and O–H groups in total. The Morgan fingerprint density at radius 2 is 1.87 bits per heavy atom. The van der Waals surface area contributed by atoms with Crippen molar-refractivity contribution in [2.45, 2.75) is 19.7 Å². The smallest absolute Gasteiger partial charge is 0.398 e. The van der Waals surface area contributed by atoms with Crippen molar-refractivity contribution >= 4 is 28.9 Å². The monoisotopic (exact) mass is 441 g/mol. The topological polar surface area (TPSA) is 72.3 Å². The van der Waals surface area contributed by atoms with E-state index in [-0.39, 0.29) is 23.6 Å². The molecular formula is C20H19ClF3N3O3. The average molecular weight is 442 g/mol. The second-order valence-electron chi connectivity index (χ2n) is 6.00. The standard InChI is InChI=1S/C20H19ClF3N3O3/c1-12(13-8-9-17(21)16(10-13)20(22,23)24)26-30-11-14-6-4-5-7-15(14)18(27-29-3)19(28)25-2/h4-10H,11H2,1-3H3,(H,25,28)/b26-12+,27-18+. The van der Waals surface area contributed by atoms with Crippen LogP contribution in [0, 0.1) is 0 Å². The lowest BCUT2D eigenvalue weighted by atomic mass is 10.0. The summed E-state index contributed by atoms with van der Waals surface area (Å²) in [6.07, 6.45) is -4.58. The summed E-state index contributed by atoms with van der Waals surface area (Å²) in [6, 6.07) is 10.3. The van der Waals surface area contributed by atoms with Gasteiger partial charge in [-0.3, -0.25) is 4.79 Å².